The first-order valence-corrected chi connectivity index (χ1v) is 8.61. The molecular weight excluding hydrogens is 308 g/mol. The van der Waals surface area contributed by atoms with E-state index < -0.39 is 0 Å². The van der Waals surface area contributed by atoms with Crippen LogP contribution in [0.2, 0.25) is 5.02 Å². The second kappa shape index (κ2) is 8.73. The lowest BCUT2D eigenvalue weighted by atomic mass is 10.00. The molecule has 0 aromatic heterocycles. The Morgan fingerprint density at radius 3 is 2.26 bits per heavy atom. The molecule has 0 fully saturated rings. The largest absolute Gasteiger partial charge is 0.506 e. The lowest BCUT2D eigenvalue weighted by molar-refractivity contribution is 0.0979. The number of aromatic hydroxyl groups is 1. The Kier molecular flexibility index (Phi) is 6.66. The van der Waals surface area contributed by atoms with Crippen LogP contribution in [0.5, 0.6) is 5.75 Å². The van der Waals surface area contributed by atoms with Crippen LogP contribution in [0.4, 0.5) is 0 Å². The molecule has 0 unspecified atom stereocenters. The van der Waals surface area contributed by atoms with Gasteiger partial charge in [0.15, 0.2) is 5.78 Å². The Balaban J connectivity index is 1.96. The molecule has 2 aromatic rings. The molecule has 0 aliphatic carbocycles. The first-order valence-electron chi connectivity index (χ1n) is 8.24. The summed E-state index contributed by atoms with van der Waals surface area (Å²) in [6.07, 6.45) is 6.39. The van der Waals surface area contributed by atoms with Crippen molar-refractivity contribution in [3.05, 3.63) is 53.1 Å². The molecule has 0 saturated carbocycles. The van der Waals surface area contributed by atoms with Gasteiger partial charge in [-0.15, -0.1) is 0 Å². The van der Waals surface area contributed by atoms with Gasteiger partial charge in [-0.1, -0.05) is 74.5 Å². The van der Waals surface area contributed by atoms with Gasteiger partial charge in [0.2, 0.25) is 0 Å². The highest BCUT2D eigenvalue weighted by atomic mass is 35.5. The van der Waals surface area contributed by atoms with Crippen molar-refractivity contribution in [1.29, 1.82) is 0 Å². The lowest BCUT2D eigenvalue weighted by Gasteiger charge is -2.06. The van der Waals surface area contributed by atoms with Crippen LogP contribution in [0, 0.1) is 0 Å². The van der Waals surface area contributed by atoms with E-state index in [9.17, 15) is 9.90 Å². The molecule has 0 radical (unpaired) electrons. The van der Waals surface area contributed by atoms with E-state index in [2.05, 4.69) is 6.92 Å². The number of carbonyl (C=O) groups is 1. The second-order valence-electron chi connectivity index (χ2n) is 5.83. The van der Waals surface area contributed by atoms with Gasteiger partial charge in [-0.05, 0) is 29.7 Å². The second-order valence-corrected chi connectivity index (χ2v) is 6.24. The van der Waals surface area contributed by atoms with E-state index >= 15 is 0 Å². The number of benzene rings is 2. The maximum absolute atomic E-state index is 12.2. The van der Waals surface area contributed by atoms with Crippen molar-refractivity contribution in [3.8, 4) is 16.9 Å². The predicted octanol–water partition coefficient (Wildman–Crippen LogP) is 6.26. The number of hydrogen-bond donors (Lipinski definition) is 1. The number of unbranched alkanes of at least 4 members (excludes halogenated alkanes) is 4. The molecule has 0 saturated heterocycles. The maximum Gasteiger partial charge on any atom is 0.162 e. The van der Waals surface area contributed by atoms with Crippen LogP contribution >= 0.6 is 11.6 Å². The van der Waals surface area contributed by atoms with Gasteiger partial charge in [-0.2, -0.15) is 0 Å². The highest BCUT2D eigenvalue weighted by Gasteiger charge is 2.07. The number of phenolic OH excluding ortho intramolecular Hbond substituents is 1. The van der Waals surface area contributed by atoms with Crippen LogP contribution < -0.4 is 0 Å². The van der Waals surface area contributed by atoms with Gasteiger partial charge in [0.1, 0.15) is 5.75 Å². The zero-order valence-corrected chi connectivity index (χ0v) is 14.3. The van der Waals surface area contributed by atoms with Crippen molar-refractivity contribution >= 4 is 17.4 Å². The molecule has 1 N–H and O–H groups in total. The fourth-order valence-corrected chi connectivity index (χ4v) is 2.75. The molecular formula is C20H23ClO2. The van der Waals surface area contributed by atoms with Crippen LogP contribution in [0.3, 0.4) is 0 Å². The molecule has 0 aliphatic rings. The number of phenols is 1. The van der Waals surface area contributed by atoms with E-state index in [1.807, 2.05) is 30.3 Å². The standard InChI is InChI=1S/C20H23ClO2/c1-2-3-4-5-6-7-19(22)16-10-8-15(9-11-16)17-12-13-20(23)18(21)14-17/h8-14,23H,2-7H2,1H3. The quantitative estimate of drug-likeness (QED) is 0.458. The Labute approximate surface area is 143 Å². The molecule has 23 heavy (non-hydrogen) atoms. The number of hydrogen-bond acceptors (Lipinski definition) is 2. The number of carbonyl (C=O) groups excluding carboxylic acids is 1. The van der Waals surface area contributed by atoms with Gasteiger partial charge in [0.25, 0.3) is 0 Å². The van der Waals surface area contributed by atoms with Crippen molar-refractivity contribution in [1.82, 2.24) is 0 Å². The summed E-state index contributed by atoms with van der Waals surface area (Å²) >= 11 is 5.93. The molecule has 2 aromatic carbocycles. The molecule has 122 valence electrons. The van der Waals surface area contributed by atoms with E-state index in [1.54, 1.807) is 12.1 Å². The molecule has 0 spiro atoms. The molecule has 2 nitrogen and oxygen atoms in total. The maximum atomic E-state index is 12.2. The minimum absolute atomic E-state index is 0.0743. The van der Waals surface area contributed by atoms with Crippen LogP contribution in [0.1, 0.15) is 55.8 Å². The summed E-state index contributed by atoms with van der Waals surface area (Å²) in [5.41, 5.74) is 2.66. The van der Waals surface area contributed by atoms with E-state index in [-0.39, 0.29) is 11.5 Å². The third-order valence-electron chi connectivity index (χ3n) is 4.00. The van der Waals surface area contributed by atoms with E-state index in [0.717, 1.165) is 29.5 Å². The van der Waals surface area contributed by atoms with Crippen molar-refractivity contribution in [2.24, 2.45) is 0 Å². The third kappa shape index (κ3) is 5.11. The number of halogens is 1. The van der Waals surface area contributed by atoms with E-state index in [0.29, 0.717) is 11.4 Å². The smallest absolute Gasteiger partial charge is 0.162 e. The fourth-order valence-electron chi connectivity index (χ4n) is 2.57. The summed E-state index contributed by atoms with van der Waals surface area (Å²) in [4.78, 5) is 12.2. The zero-order chi connectivity index (χ0) is 16.7. The van der Waals surface area contributed by atoms with Crippen molar-refractivity contribution in [3.63, 3.8) is 0 Å². The summed E-state index contributed by atoms with van der Waals surface area (Å²) in [7, 11) is 0. The van der Waals surface area contributed by atoms with Gasteiger partial charge >= 0.3 is 0 Å². The fraction of sp³-hybridized carbons (Fsp3) is 0.350. The topological polar surface area (TPSA) is 37.3 Å². The third-order valence-corrected chi connectivity index (χ3v) is 4.30. The summed E-state index contributed by atoms with van der Waals surface area (Å²) in [6, 6.07) is 12.7. The summed E-state index contributed by atoms with van der Waals surface area (Å²) in [5.74, 6) is 0.280. The Hall–Kier alpha value is -1.80. The number of ketones is 1. The van der Waals surface area contributed by atoms with Gasteiger partial charge in [-0.25, -0.2) is 0 Å². The molecule has 3 heteroatoms. The molecule has 0 bridgehead atoms. The number of rotatable bonds is 8. The predicted molar refractivity (Wildman–Crippen MR) is 96.3 cm³/mol. The van der Waals surface area contributed by atoms with Crippen LogP contribution in [-0.2, 0) is 0 Å². The first-order chi connectivity index (χ1) is 11.1. The zero-order valence-electron chi connectivity index (χ0n) is 13.5. The number of Topliss-reactive ketones (excluding diaryl/α,β-unsaturated/α-hetero) is 1. The average Bonchev–Trinajstić information content (AvgIpc) is 2.57. The molecule has 0 amide bonds. The monoisotopic (exact) mass is 330 g/mol. The van der Waals surface area contributed by atoms with Crippen LogP contribution in [0.25, 0.3) is 11.1 Å². The van der Waals surface area contributed by atoms with Gasteiger partial charge < -0.3 is 5.11 Å². The minimum atomic E-state index is 0.0743. The Morgan fingerprint density at radius 2 is 1.61 bits per heavy atom. The van der Waals surface area contributed by atoms with Crippen LogP contribution in [-0.4, -0.2) is 10.9 Å². The summed E-state index contributed by atoms with van der Waals surface area (Å²) in [5, 5.41) is 9.80. The molecule has 0 aliphatic heterocycles. The highest BCUT2D eigenvalue weighted by Crippen LogP contribution is 2.29. The summed E-state index contributed by atoms with van der Waals surface area (Å²) in [6.45, 7) is 2.19. The first kappa shape index (κ1) is 17.6. The van der Waals surface area contributed by atoms with Gasteiger partial charge in [0, 0.05) is 12.0 Å². The van der Waals surface area contributed by atoms with Gasteiger partial charge in [0.05, 0.1) is 5.02 Å². The molecule has 0 heterocycles. The van der Waals surface area contributed by atoms with Crippen molar-refractivity contribution in [2.45, 2.75) is 45.4 Å². The van der Waals surface area contributed by atoms with E-state index in [1.165, 1.54) is 19.3 Å². The Morgan fingerprint density at radius 1 is 0.957 bits per heavy atom. The van der Waals surface area contributed by atoms with Gasteiger partial charge in [-0.3, -0.25) is 4.79 Å². The van der Waals surface area contributed by atoms with E-state index in [4.69, 9.17) is 11.6 Å². The molecule has 0 atom stereocenters. The lowest BCUT2D eigenvalue weighted by Crippen LogP contribution is -1.98. The molecule has 2 rings (SSSR count). The summed E-state index contributed by atoms with van der Waals surface area (Å²) < 4.78 is 0. The average molecular weight is 331 g/mol. The normalized spacial score (nSPS) is 10.7. The highest BCUT2D eigenvalue weighted by molar-refractivity contribution is 6.32. The Bertz CT molecular complexity index is 647. The van der Waals surface area contributed by atoms with Crippen molar-refractivity contribution < 1.29 is 9.90 Å². The minimum Gasteiger partial charge on any atom is -0.506 e. The SMILES string of the molecule is CCCCCCCC(=O)c1ccc(-c2ccc(O)c(Cl)c2)cc1. The van der Waals surface area contributed by atoms with Crippen LogP contribution in [0.15, 0.2) is 42.5 Å². The van der Waals surface area contributed by atoms with Crippen molar-refractivity contribution in [2.75, 3.05) is 0 Å².